The Hall–Kier alpha value is -2.42. The van der Waals surface area contributed by atoms with Crippen LogP contribution in [-0.2, 0) is 9.59 Å². The van der Waals surface area contributed by atoms with E-state index in [0.29, 0.717) is 15.2 Å². The minimum absolute atomic E-state index is 0.155. The fraction of sp³-hybridized carbons (Fsp3) is 0.118. The molecule has 0 aliphatic rings. The molecule has 0 fully saturated rings. The summed E-state index contributed by atoms with van der Waals surface area (Å²) >= 11 is 8.63. The molecule has 0 radical (unpaired) electrons. The van der Waals surface area contributed by atoms with Crippen LogP contribution in [0.1, 0.15) is 0 Å². The molecular formula is C17H14ClN3O3S2. The minimum atomic E-state index is -0.378. The Bertz CT molecular complexity index is 896. The predicted octanol–water partition coefficient (Wildman–Crippen LogP) is 3.66. The number of para-hydroxylation sites is 1. The molecule has 0 saturated carbocycles. The number of thiazole rings is 1. The first-order valence-electron chi connectivity index (χ1n) is 7.56. The van der Waals surface area contributed by atoms with Gasteiger partial charge in [0, 0.05) is 5.38 Å². The van der Waals surface area contributed by atoms with Gasteiger partial charge in [-0.3, -0.25) is 9.59 Å². The Morgan fingerprint density at radius 3 is 2.65 bits per heavy atom. The first kappa shape index (κ1) is 18.4. The Labute approximate surface area is 162 Å². The zero-order valence-electron chi connectivity index (χ0n) is 13.4. The molecule has 0 aliphatic heterocycles. The van der Waals surface area contributed by atoms with Crippen LogP contribution in [0.3, 0.4) is 0 Å². The number of anilines is 1. The van der Waals surface area contributed by atoms with Crippen molar-refractivity contribution in [2.45, 2.75) is 0 Å². The molecule has 134 valence electrons. The van der Waals surface area contributed by atoms with Gasteiger partial charge in [-0.25, -0.2) is 4.98 Å². The summed E-state index contributed by atoms with van der Waals surface area (Å²) in [7, 11) is 0. The molecule has 2 N–H and O–H groups in total. The topological polar surface area (TPSA) is 80.3 Å². The Balaban J connectivity index is 1.42. The summed E-state index contributed by atoms with van der Waals surface area (Å²) in [5, 5.41) is 7.45. The molecule has 0 aliphatic carbocycles. The van der Waals surface area contributed by atoms with Crippen LogP contribution in [0, 0.1) is 0 Å². The van der Waals surface area contributed by atoms with E-state index >= 15 is 0 Å². The molecule has 0 saturated heterocycles. The molecule has 0 unspecified atom stereocenters. The second-order valence-electron chi connectivity index (χ2n) is 5.07. The molecule has 0 spiro atoms. The van der Waals surface area contributed by atoms with E-state index < -0.39 is 0 Å². The van der Waals surface area contributed by atoms with Crippen molar-refractivity contribution in [1.29, 1.82) is 0 Å². The largest absolute Gasteiger partial charge is 0.484 e. The maximum absolute atomic E-state index is 11.9. The standard InChI is InChI=1S/C17H14ClN3O3S2/c18-14-7-6-13(26-14)12-10-25-17(20-12)21-15(22)8-19-16(23)9-24-11-4-2-1-3-5-11/h1-7,10H,8-9H2,(H,19,23)(H,20,21,22). The molecule has 6 nitrogen and oxygen atoms in total. The molecular weight excluding hydrogens is 394 g/mol. The minimum Gasteiger partial charge on any atom is -0.484 e. The van der Waals surface area contributed by atoms with Crippen molar-refractivity contribution in [1.82, 2.24) is 10.3 Å². The van der Waals surface area contributed by atoms with Crippen LogP contribution < -0.4 is 15.4 Å². The van der Waals surface area contributed by atoms with Crippen molar-refractivity contribution < 1.29 is 14.3 Å². The Morgan fingerprint density at radius 1 is 1.12 bits per heavy atom. The number of thiophene rings is 1. The van der Waals surface area contributed by atoms with E-state index in [0.717, 1.165) is 10.6 Å². The van der Waals surface area contributed by atoms with Crippen molar-refractivity contribution in [2.24, 2.45) is 0 Å². The molecule has 2 heterocycles. The molecule has 0 bridgehead atoms. The molecule has 3 aromatic rings. The molecule has 0 atom stereocenters. The number of hydrogen-bond acceptors (Lipinski definition) is 6. The SMILES string of the molecule is O=C(COc1ccccc1)NCC(=O)Nc1nc(-c2ccc(Cl)s2)cs1. The van der Waals surface area contributed by atoms with E-state index in [4.69, 9.17) is 16.3 Å². The number of nitrogens with one attached hydrogen (secondary N) is 2. The molecule has 9 heteroatoms. The van der Waals surface area contributed by atoms with Crippen LogP contribution in [0.2, 0.25) is 4.34 Å². The van der Waals surface area contributed by atoms with Gasteiger partial charge >= 0.3 is 0 Å². The molecule has 2 amide bonds. The maximum Gasteiger partial charge on any atom is 0.258 e. The highest BCUT2D eigenvalue weighted by Gasteiger charge is 2.11. The van der Waals surface area contributed by atoms with Gasteiger partial charge in [0.15, 0.2) is 11.7 Å². The van der Waals surface area contributed by atoms with Gasteiger partial charge < -0.3 is 15.4 Å². The zero-order chi connectivity index (χ0) is 18.4. The normalized spacial score (nSPS) is 10.3. The molecule has 2 aromatic heterocycles. The van der Waals surface area contributed by atoms with E-state index in [1.54, 1.807) is 18.2 Å². The van der Waals surface area contributed by atoms with Gasteiger partial charge in [-0.2, -0.15) is 0 Å². The summed E-state index contributed by atoms with van der Waals surface area (Å²) < 4.78 is 5.99. The van der Waals surface area contributed by atoms with Crippen molar-refractivity contribution >= 4 is 51.2 Å². The van der Waals surface area contributed by atoms with Crippen molar-refractivity contribution in [3.05, 3.63) is 52.2 Å². The van der Waals surface area contributed by atoms with Gasteiger partial charge in [0.2, 0.25) is 5.91 Å². The average molecular weight is 408 g/mol. The van der Waals surface area contributed by atoms with Crippen LogP contribution in [0.25, 0.3) is 10.6 Å². The lowest BCUT2D eigenvalue weighted by atomic mass is 10.3. The lowest BCUT2D eigenvalue weighted by Crippen LogP contribution is -2.35. The summed E-state index contributed by atoms with van der Waals surface area (Å²) in [5.74, 6) is -0.142. The highest BCUT2D eigenvalue weighted by molar-refractivity contribution is 7.20. The fourth-order valence-electron chi connectivity index (χ4n) is 1.96. The number of carbonyl (C=O) groups is 2. The van der Waals surface area contributed by atoms with Gasteiger partial charge in [0.05, 0.1) is 21.5 Å². The third-order valence-corrected chi connectivity index (χ3v) is 5.15. The lowest BCUT2D eigenvalue weighted by Gasteiger charge is -2.07. The van der Waals surface area contributed by atoms with Crippen molar-refractivity contribution in [3.8, 4) is 16.3 Å². The van der Waals surface area contributed by atoms with Crippen LogP contribution >= 0.6 is 34.3 Å². The smallest absolute Gasteiger partial charge is 0.258 e. The lowest BCUT2D eigenvalue weighted by molar-refractivity contribution is -0.125. The maximum atomic E-state index is 11.9. The summed E-state index contributed by atoms with van der Waals surface area (Å²) in [5.41, 5.74) is 0.752. The van der Waals surface area contributed by atoms with Gasteiger partial charge in [0.25, 0.3) is 5.91 Å². The number of carbonyl (C=O) groups excluding carboxylic acids is 2. The number of amides is 2. The summed E-state index contributed by atoms with van der Waals surface area (Å²) in [4.78, 5) is 28.9. The third kappa shape index (κ3) is 5.29. The van der Waals surface area contributed by atoms with E-state index in [9.17, 15) is 9.59 Å². The van der Waals surface area contributed by atoms with Crippen LogP contribution in [0.4, 0.5) is 5.13 Å². The number of rotatable bonds is 7. The second kappa shape index (κ2) is 8.79. The van der Waals surface area contributed by atoms with E-state index in [1.807, 2.05) is 29.6 Å². The quantitative estimate of drug-likeness (QED) is 0.626. The molecule has 3 rings (SSSR count). The zero-order valence-corrected chi connectivity index (χ0v) is 15.8. The molecule has 1 aromatic carbocycles. The van der Waals surface area contributed by atoms with E-state index in [2.05, 4.69) is 15.6 Å². The summed E-state index contributed by atoms with van der Waals surface area (Å²) in [6, 6.07) is 12.7. The van der Waals surface area contributed by atoms with E-state index in [1.165, 1.54) is 22.7 Å². The number of aromatic nitrogens is 1. The average Bonchev–Trinajstić information content (AvgIpc) is 3.28. The van der Waals surface area contributed by atoms with Crippen molar-refractivity contribution in [2.75, 3.05) is 18.5 Å². The fourth-order valence-corrected chi connectivity index (χ4v) is 3.76. The highest BCUT2D eigenvalue weighted by atomic mass is 35.5. The van der Waals surface area contributed by atoms with Crippen LogP contribution in [0.15, 0.2) is 47.8 Å². The predicted molar refractivity (Wildman–Crippen MR) is 104 cm³/mol. The monoisotopic (exact) mass is 407 g/mol. The summed E-state index contributed by atoms with van der Waals surface area (Å²) in [6.07, 6.45) is 0. The second-order valence-corrected chi connectivity index (χ2v) is 7.64. The van der Waals surface area contributed by atoms with Gasteiger partial charge in [-0.05, 0) is 24.3 Å². The number of ether oxygens (including phenoxy) is 1. The van der Waals surface area contributed by atoms with Gasteiger partial charge in [-0.1, -0.05) is 29.8 Å². The highest BCUT2D eigenvalue weighted by Crippen LogP contribution is 2.32. The van der Waals surface area contributed by atoms with Crippen LogP contribution in [0.5, 0.6) is 5.75 Å². The number of nitrogens with zero attached hydrogens (tertiary/aromatic N) is 1. The number of halogens is 1. The first-order chi connectivity index (χ1) is 12.6. The van der Waals surface area contributed by atoms with Crippen molar-refractivity contribution in [3.63, 3.8) is 0 Å². The first-order valence-corrected chi connectivity index (χ1v) is 9.63. The third-order valence-electron chi connectivity index (χ3n) is 3.14. The van der Waals surface area contributed by atoms with E-state index in [-0.39, 0.29) is 25.0 Å². The number of benzene rings is 1. The van der Waals surface area contributed by atoms with Crippen LogP contribution in [-0.4, -0.2) is 29.9 Å². The van der Waals surface area contributed by atoms with Gasteiger partial charge in [-0.15, -0.1) is 22.7 Å². The Morgan fingerprint density at radius 2 is 1.92 bits per heavy atom. The number of hydrogen-bond donors (Lipinski definition) is 2. The molecule has 26 heavy (non-hydrogen) atoms. The van der Waals surface area contributed by atoms with Gasteiger partial charge in [0.1, 0.15) is 5.75 Å². The summed E-state index contributed by atoms with van der Waals surface area (Å²) in [6.45, 7) is -0.311. The Kier molecular flexibility index (Phi) is 6.21.